The Kier molecular flexibility index (Phi) is 3.84. The summed E-state index contributed by atoms with van der Waals surface area (Å²) in [5.74, 6) is -0.268. The first-order valence-electron chi connectivity index (χ1n) is 6.51. The zero-order chi connectivity index (χ0) is 15.7. The Balaban J connectivity index is 1.85. The van der Waals surface area contributed by atoms with E-state index in [2.05, 4.69) is 10.3 Å². The monoisotopic (exact) mass is 336 g/mol. The highest BCUT2D eigenvalue weighted by Gasteiger charge is 2.11. The fourth-order valence-corrected chi connectivity index (χ4v) is 3.65. The van der Waals surface area contributed by atoms with Crippen molar-refractivity contribution >= 4 is 36.5 Å². The van der Waals surface area contributed by atoms with Crippen molar-refractivity contribution in [2.75, 3.05) is 11.6 Å². The zero-order valence-electron chi connectivity index (χ0n) is 11.7. The predicted molar refractivity (Wildman–Crippen MR) is 86.5 cm³/mol. The summed E-state index contributed by atoms with van der Waals surface area (Å²) in [5.41, 5.74) is 1.27. The second-order valence-electron chi connectivity index (χ2n) is 4.87. The van der Waals surface area contributed by atoms with Gasteiger partial charge in [0, 0.05) is 18.4 Å². The standard InChI is InChI=1S/C15H13FN2O2S2/c1-22(19,20)11-6-7-13-14(8-11)21-15(18-13)17-9-10-4-2-3-5-12(10)16/h2-8H,9H2,1H3,(H,17,18). The van der Waals surface area contributed by atoms with E-state index in [1.54, 1.807) is 30.3 Å². The molecule has 0 atom stereocenters. The number of nitrogens with one attached hydrogen (secondary N) is 1. The van der Waals surface area contributed by atoms with E-state index >= 15 is 0 Å². The molecule has 0 aliphatic rings. The topological polar surface area (TPSA) is 59.1 Å². The number of fused-ring (bicyclic) bond motifs is 1. The molecule has 0 aliphatic carbocycles. The Morgan fingerprint density at radius 3 is 2.73 bits per heavy atom. The average Bonchev–Trinajstić information content (AvgIpc) is 2.87. The molecule has 0 saturated carbocycles. The quantitative estimate of drug-likeness (QED) is 0.793. The van der Waals surface area contributed by atoms with Crippen LogP contribution in [-0.2, 0) is 16.4 Å². The van der Waals surface area contributed by atoms with Gasteiger partial charge in [-0.05, 0) is 24.3 Å². The minimum absolute atomic E-state index is 0.268. The molecule has 0 fully saturated rings. The average molecular weight is 336 g/mol. The van der Waals surface area contributed by atoms with E-state index in [0.717, 1.165) is 4.70 Å². The molecule has 0 bridgehead atoms. The van der Waals surface area contributed by atoms with Gasteiger partial charge in [0.15, 0.2) is 15.0 Å². The van der Waals surface area contributed by atoms with Crippen molar-refractivity contribution in [2.45, 2.75) is 11.4 Å². The lowest BCUT2D eigenvalue weighted by Gasteiger charge is -2.03. The van der Waals surface area contributed by atoms with E-state index < -0.39 is 9.84 Å². The third kappa shape index (κ3) is 3.10. The lowest BCUT2D eigenvalue weighted by atomic mass is 10.2. The lowest BCUT2D eigenvalue weighted by Crippen LogP contribution is -2.00. The fourth-order valence-electron chi connectivity index (χ4n) is 2.02. The highest BCUT2D eigenvalue weighted by molar-refractivity contribution is 7.90. The van der Waals surface area contributed by atoms with Crippen LogP contribution in [-0.4, -0.2) is 19.7 Å². The van der Waals surface area contributed by atoms with Crippen LogP contribution >= 0.6 is 11.3 Å². The number of hydrogen-bond acceptors (Lipinski definition) is 5. The van der Waals surface area contributed by atoms with E-state index in [1.165, 1.54) is 29.7 Å². The van der Waals surface area contributed by atoms with Gasteiger partial charge in [0.05, 0.1) is 15.1 Å². The van der Waals surface area contributed by atoms with E-state index in [9.17, 15) is 12.8 Å². The molecular weight excluding hydrogens is 323 g/mol. The molecule has 3 aromatic rings. The molecule has 2 aromatic carbocycles. The molecule has 0 unspecified atom stereocenters. The highest BCUT2D eigenvalue weighted by Crippen LogP contribution is 2.28. The smallest absolute Gasteiger partial charge is 0.184 e. The number of anilines is 1. The van der Waals surface area contributed by atoms with Crippen LogP contribution in [0.1, 0.15) is 5.56 Å². The van der Waals surface area contributed by atoms with Crippen molar-refractivity contribution in [3.8, 4) is 0 Å². The summed E-state index contributed by atoms with van der Waals surface area (Å²) >= 11 is 1.34. The maximum absolute atomic E-state index is 13.6. The predicted octanol–water partition coefficient (Wildman–Crippen LogP) is 3.45. The number of rotatable bonds is 4. The van der Waals surface area contributed by atoms with Crippen LogP contribution in [0.25, 0.3) is 10.2 Å². The second-order valence-corrected chi connectivity index (χ2v) is 7.91. The van der Waals surface area contributed by atoms with Crippen LogP contribution in [0.5, 0.6) is 0 Å². The van der Waals surface area contributed by atoms with Crippen molar-refractivity contribution in [2.24, 2.45) is 0 Å². The van der Waals surface area contributed by atoms with Crippen LogP contribution in [0.3, 0.4) is 0 Å². The first-order valence-corrected chi connectivity index (χ1v) is 9.22. The fraction of sp³-hybridized carbons (Fsp3) is 0.133. The van der Waals surface area contributed by atoms with Crippen LogP contribution in [0.2, 0.25) is 0 Å². The molecule has 4 nitrogen and oxygen atoms in total. The normalized spacial score (nSPS) is 11.7. The summed E-state index contributed by atoms with van der Waals surface area (Å²) in [4.78, 5) is 4.64. The summed E-state index contributed by atoms with van der Waals surface area (Å²) < 4.78 is 37.5. The van der Waals surface area contributed by atoms with Crippen molar-refractivity contribution < 1.29 is 12.8 Å². The van der Waals surface area contributed by atoms with E-state index in [0.29, 0.717) is 22.8 Å². The van der Waals surface area contributed by atoms with Gasteiger partial charge < -0.3 is 5.32 Å². The largest absolute Gasteiger partial charge is 0.357 e. The van der Waals surface area contributed by atoms with Gasteiger partial charge in [0.2, 0.25) is 0 Å². The Morgan fingerprint density at radius 1 is 1.23 bits per heavy atom. The number of thiazole rings is 1. The van der Waals surface area contributed by atoms with Crippen molar-refractivity contribution in [1.82, 2.24) is 4.98 Å². The SMILES string of the molecule is CS(=O)(=O)c1ccc2nc(NCc3ccccc3F)sc2c1. The van der Waals surface area contributed by atoms with Gasteiger partial charge in [0.1, 0.15) is 5.82 Å². The van der Waals surface area contributed by atoms with Crippen LogP contribution in [0.4, 0.5) is 9.52 Å². The molecule has 0 amide bonds. The number of nitrogens with zero attached hydrogens (tertiary/aromatic N) is 1. The van der Waals surface area contributed by atoms with Gasteiger partial charge in [-0.3, -0.25) is 0 Å². The summed E-state index contributed by atoms with van der Waals surface area (Å²) in [6.07, 6.45) is 1.17. The number of benzene rings is 2. The van der Waals surface area contributed by atoms with Gasteiger partial charge in [-0.25, -0.2) is 17.8 Å². The number of halogens is 1. The first-order chi connectivity index (χ1) is 10.4. The molecule has 114 valence electrons. The molecule has 1 N–H and O–H groups in total. The molecular formula is C15H13FN2O2S2. The molecule has 1 aromatic heterocycles. The molecule has 0 spiro atoms. The Hall–Kier alpha value is -1.99. The molecule has 7 heteroatoms. The Labute approximate surface area is 131 Å². The molecule has 0 radical (unpaired) electrons. The highest BCUT2D eigenvalue weighted by atomic mass is 32.2. The minimum Gasteiger partial charge on any atom is -0.357 e. The summed E-state index contributed by atoms with van der Waals surface area (Å²) in [7, 11) is -3.24. The van der Waals surface area contributed by atoms with Crippen molar-refractivity contribution in [3.05, 3.63) is 53.8 Å². The van der Waals surface area contributed by atoms with E-state index in [-0.39, 0.29) is 10.7 Å². The lowest BCUT2D eigenvalue weighted by molar-refractivity contribution is 0.602. The summed E-state index contributed by atoms with van der Waals surface area (Å²) in [6.45, 7) is 0.325. The Morgan fingerprint density at radius 2 is 2.00 bits per heavy atom. The maximum Gasteiger partial charge on any atom is 0.184 e. The molecule has 0 aliphatic heterocycles. The molecule has 22 heavy (non-hydrogen) atoms. The van der Waals surface area contributed by atoms with Gasteiger partial charge in [0.25, 0.3) is 0 Å². The number of aromatic nitrogens is 1. The van der Waals surface area contributed by atoms with Gasteiger partial charge >= 0.3 is 0 Å². The molecule has 3 rings (SSSR count). The number of sulfone groups is 1. The van der Waals surface area contributed by atoms with Gasteiger partial charge in [-0.2, -0.15) is 0 Å². The van der Waals surface area contributed by atoms with Crippen molar-refractivity contribution in [1.29, 1.82) is 0 Å². The van der Waals surface area contributed by atoms with Gasteiger partial charge in [-0.15, -0.1) is 0 Å². The van der Waals surface area contributed by atoms with E-state index in [1.807, 2.05) is 0 Å². The Bertz CT molecular complexity index is 936. The minimum atomic E-state index is -3.24. The summed E-state index contributed by atoms with van der Waals surface area (Å²) in [5, 5.41) is 3.70. The first kappa shape index (κ1) is 14.9. The third-order valence-electron chi connectivity index (χ3n) is 3.18. The van der Waals surface area contributed by atoms with Crippen LogP contribution in [0.15, 0.2) is 47.4 Å². The zero-order valence-corrected chi connectivity index (χ0v) is 13.3. The second kappa shape index (κ2) is 5.66. The summed E-state index contributed by atoms with van der Waals surface area (Å²) in [6, 6.07) is 11.4. The van der Waals surface area contributed by atoms with E-state index in [4.69, 9.17) is 0 Å². The van der Waals surface area contributed by atoms with Gasteiger partial charge in [-0.1, -0.05) is 29.5 Å². The number of hydrogen-bond donors (Lipinski definition) is 1. The third-order valence-corrected chi connectivity index (χ3v) is 5.26. The van der Waals surface area contributed by atoms with Crippen LogP contribution in [0, 0.1) is 5.82 Å². The van der Waals surface area contributed by atoms with Crippen molar-refractivity contribution in [3.63, 3.8) is 0 Å². The molecule has 1 heterocycles. The van der Waals surface area contributed by atoms with Crippen LogP contribution < -0.4 is 5.32 Å². The molecule has 0 saturated heterocycles. The maximum atomic E-state index is 13.6.